The van der Waals surface area contributed by atoms with Gasteiger partial charge in [-0.3, -0.25) is 4.79 Å². The molecule has 2 N–H and O–H groups in total. The van der Waals surface area contributed by atoms with Crippen LogP contribution in [0, 0.1) is 0 Å². The van der Waals surface area contributed by atoms with Gasteiger partial charge in [-0.15, -0.1) is 22.7 Å². The molecular formula is C14H13N3O2S2. The highest BCUT2D eigenvalue weighted by molar-refractivity contribution is 7.17. The van der Waals surface area contributed by atoms with Gasteiger partial charge in [-0.2, -0.15) is 0 Å². The first-order chi connectivity index (χ1) is 10.3. The predicted octanol–water partition coefficient (Wildman–Crippen LogP) is 2.78. The van der Waals surface area contributed by atoms with E-state index in [9.17, 15) is 4.79 Å². The van der Waals surface area contributed by atoms with Crippen LogP contribution in [0.2, 0.25) is 0 Å². The minimum absolute atomic E-state index is 0.0786. The molecule has 0 aromatic carbocycles. The van der Waals surface area contributed by atoms with Crippen molar-refractivity contribution in [3.05, 3.63) is 39.5 Å². The molecule has 7 heteroatoms. The van der Waals surface area contributed by atoms with Crippen molar-refractivity contribution >= 4 is 44.6 Å². The molecule has 0 saturated carbocycles. The maximum atomic E-state index is 12.6. The fraction of sp³-hybridized carbons (Fsp3) is 0.214. The van der Waals surface area contributed by atoms with Crippen LogP contribution in [-0.2, 0) is 0 Å². The largest absolute Gasteiger partial charge is 0.396 e. The molecule has 108 valence electrons. The molecule has 21 heavy (non-hydrogen) atoms. The number of thiophene rings is 2. The number of carbonyl (C=O) groups excluding carboxylic acids is 1. The molecule has 0 radical (unpaired) electrons. The van der Waals surface area contributed by atoms with E-state index in [4.69, 9.17) is 5.11 Å². The lowest BCUT2D eigenvalue weighted by Crippen LogP contribution is -2.10. The van der Waals surface area contributed by atoms with Crippen LogP contribution in [0.4, 0.5) is 5.95 Å². The zero-order chi connectivity index (χ0) is 14.7. The Morgan fingerprint density at radius 1 is 1.24 bits per heavy atom. The summed E-state index contributed by atoms with van der Waals surface area (Å²) >= 11 is 2.87. The first-order valence-electron chi connectivity index (χ1n) is 6.48. The van der Waals surface area contributed by atoms with E-state index in [1.807, 2.05) is 22.9 Å². The zero-order valence-electron chi connectivity index (χ0n) is 11.1. The van der Waals surface area contributed by atoms with Crippen molar-refractivity contribution in [1.29, 1.82) is 0 Å². The Labute approximate surface area is 129 Å². The van der Waals surface area contributed by atoms with E-state index in [-0.39, 0.29) is 12.4 Å². The molecule has 3 rings (SSSR count). The van der Waals surface area contributed by atoms with Gasteiger partial charge in [0.15, 0.2) is 0 Å². The first kappa shape index (κ1) is 14.1. The fourth-order valence-electron chi connectivity index (χ4n) is 1.90. The third-order valence-electron chi connectivity index (χ3n) is 2.88. The molecule has 0 spiro atoms. The molecule has 0 fully saturated rings. The lowest BCUT2D eigenvalue weighted by atomic mass is 10.2. The summed E-state index contributed by atoms with van der Waals surface area (Å²) in [4.78, 5) is 22.0. The van der Waals surface area contributed by atoms with Crippen LogP contribution in [0.25, 0.3) is 10.2 Å². The Morgan fingerprint density at radius 2 is 2.14 bits per heavy atom. The quantitative estimate of drug-likeness (QED) is 0.540. The van der Waals surface area contributed by atoms with E-state index in [0.29, 0.717) is 29.5 Å². The summed E-state index contributed by atoms with van der Waals surface area (Å²) in [5.74, 6) is 0.347. The number of fused-ring (bicyclic) bond motifs is 1. The average Bonchev–Trinajstić information content (AvgIpc) is 3.17. The average molecular weight is 319 g/mol. The van der Waals surface area contributed by atoms with Crippen molar-refractivity contribution in [1.82, 2.24) is 9.97 Å². The Morgan fingerprint density at radius 3 is 2.90 bits per heavy atom. The summed E-state index contributed by atoms with van der Waals surface area (Å²) in [7, 11) is 0. The number of carbonyl (C=O) groups is 1. The Bertz CT molecular complexity index is 753. The Balaban J connectivity index is 1.99. The van der Waals surface area contributed by atoms with Crippen LogP contribution in [0.5, 0.6) is 0 Å². The molecule has 0 aliphatic rings. The van der Waals surface area contributed by atoms with Gasteiger partial charge in [-0.05, 0) is 29.3 Å². The van der Waals surface area contributed by atoms with Gasteiger partial charge in [0.25, 0.3) is 0 Å². The number of anilines is 1. The summed E-state index contributed by atoms with van der Waals surface area (Å²) < 4.78 is 0.807. The third kappa shape index (κ3) is 2.94. The van der Waals surface area contributed by atoms with Gasteiger partial charge in [0.2, 0.25) is 11.7 Å². The molecule has 3 aromatic heterocycles. The SMILES string of the molecule is O=C(c1cccs1)c1nc(NCCCO)nc2ccsc12. The molecule has 0 aliphatic heterocycles. The van der Waals surface area contributed by atoms with Crippen molar-refractivity contribution in [2.24, 2.45) is 0 Å². The van der Waals surface area contributed by atoms with Gasteiger partial charge in [-0.25, -0.2) is 9.97 Å². The second-order valence-corrected chi connectivity index (χ2v) is 6.20. The second-order valence-electron chi connectivity index (χ2n) is 4.34. The molecule has 0 amide bonds. The predicted molar refractivity (Wildman–Crippen MR) is 85.4 cm³/mol. The van der Waals surface area contributed by atoms with Crippen molar-refractivity contribution in [3.8, 4) is 0 Å². The zero-order valence-corrected chi connectivity index (χ0v) is 12.7. The number of hydrogen-bond donors (Lipinski definition) is 2. The number of nitrogens with one attached hydrogen (secondary N) is 1. The number of nitrogens with zero attached hydrogens (tertiary/aromatic N) is 2. The van der Waals surface area contributed by atoms with Crippen LogP contribution >= 0.6 is 22.7 Å². The molecule has 0 atom stereocenters. The number of hydrogen-bond acceptors (Lipinski definition) is 7. The highest BCUT2D eigenvalue weighted by atomic mass is 32.1. The molecule has 0 aliphatic carbocycles. The van der Waals surface area contributed by atoms with E-state index in [1.165, 1.54) is 22.7 Å². The Hall–Kier alpha value is -1.83. The standard InChI is InChI=1S/C14H13N3O2S2/c18-6-2-5-15-14-16-9-4-8-21-13(9)11(17-14)12(19)10-3-1-7-20-10/h1,3-4,7-8,18H,2,5-6H2,(H,15,16,17). The lowest BCUT2D eigenvalue weighted by molar-refractivity contribution is 0.103. The fourth-order valence-corrected chi connectivity index (χ4v) is 3.38. The smallest absolute Gasteiger partial charge is 0.224 e. The van der Waals surface area contributed by atoms with Gasteiger partial charge in [-0.1, -0.05) is 6.07 Å². The number of aliphatic hydroxyl groups is 1. The van der Waals surface area contributed by atoms with Crippen molar-refractivity contribution < 1.29 is 9.90 Å². The molecule has 3 heterocycles. The second kappa shape index (κ2) is 6.30. The summed E-state index contributed by atoms with van der Waals surface area (Å²) in [5.41, 5.74) is 1.20. The van der Waals surface area contributed by atoms with Crippen LogP contribution in [0.3, 0.4) is 0 Å². The van der Waals surface area contributed by atoms with E-state index >= 15 is 0 Å². The van der Waals surface area contributed by atoms with E-state index < -0.39 is 0 Å². The van der Waals surface area contributed by atoms with Crippen LogP contribution in [0.1, 0.15) is 21.8 Å². The first-order valence-corrected chi connectivity index (χ1v) is 8.23. The van der Waals surface area contributed by atoms with Gasteiger partial charge < -0.3 is 10.4 Å². The minimum Gasteiger partial charge on any atom is -0.396 e. The minimum atomic E-state index is -0.0786. The number of rotatable bonds is 6. The molecule has 0 saturated heterocycles. The molecule has 0 unspecified atom stereocenters. The highest BCUT2D eigenvalue weighted by Gasteiger charge is 2.18. The number of ketones is 1. The van der Waals surface area contributed by atoms with E-state index in [0.717, 1.165) is 10.2 Å². The Kier molecular flexibility index (Phi) is 4.23. The van der Waals surface area contributed by atoms with Crippen molar-refractivity contribution in [2.45, 2.75) is 6.42 Å². The van der Waals surface area contributed by atoms with Crippen molar-refractivity contribution in [2.75, 3.05) is 18.5 Å². The maximum absolute atomic E-state index is 12.6. The summed E-state index contributed by atoms with van der Waals surface area (Å²) in [6.45, 7) is 0.674. The van der Waals surface area contributed by atoms with Gasteiger partial charge in [0.1, 0.15) is 5.69 Å². The monoisotopic (exact) mass is 319 g/mol. The van der Waals surface area contributed by atoms with Gasteiger partial charge in [0, 0.05) is 13.2 Å². The summed E-state index contributed by atoms with van der Waals surface area (Å²) in [6.07, 6.45) is 0.610. The lowest BCUT2D eigenvalue weighted by Gasteiger charge is -2.06. The summed E-state index contributed by atoms with van der Waals surface area (Å²) in [6, 6.07) is 5.53. The molecular weight excluding hydrogens is 306 g/mol. The maximum Gasteiger partial charge on any atom is 0.224 e. The number of aromatic nitrogens is 2. The van der Waals surface area contributed by atoms with Crippen LogP contribution in [-0.4, -0.2) is 34.0 Å². The molecule has 5 nitrogen and oxygen atoms in total. The van der Waals surface area contributed by atoms with E-state index in [1.54, 1.807) is 6.07 Å². The van der Waals surface area contributed by atoms with E-state index in [2.05, 4.69) is 15.3 Å². The van der Waals surface area contributed by atoms with Gasteiger partial charge >= 0.3 is 0 Å². The van der Waals surface area contributed by atoms with Gasteiger partial charge in [0.05, 0.1) is 15.1 Å². The summed E-state index contributed by atoms with van der Waals surface area (Å²) in [5, 5.41) is 15.6. The third-order valence-corrected chi connectivity index (χ3v) is 4.66. The van der Waals surface area contributed by atoms with Crippen molar-refractivity contribution in [3.63, 3.8) is 0 Å². The molecule has 0 bridgehead atoms. The topological polar surface area (TPSA) is 75.1 Å². The highest BCUT2D eigenvalue weighted by Crippen LogP contribution is 2.26. The van der Waals surface area contributed by atoms with Crippen LogP contribution < -0.4 is 5.32 Å². The number of aliphatic hydroxyl groups excluding tert-OH is 1. The van der Waals surface area contributed by atoms with Crippen LogP contribution in [0.15, 0.2) is 29.0 Å². The normalized spacial score (nSPS) is 10.9. The molecule has 3 aromatic rings.